The van der Waals surface area contributed by atoms with E-state index < -0.39 is 48.0 Å². The van der Waals surface area contributed by atoms with Gasteiger partial charge in [-0.05, 0) is 54.5 Å². The lowest BCUT2D eigenvalue weighted by atomic mass is 9.99. The number of aromatic hydroxyl groups is 1. The topological polar surface area (TPSA) is 188 Å². The molecular formula is C33H39N5O6. The zero-order valence-electron chi connectivity index (χ0n) is 24.3. The fourth-order valence-electron chi connectivity index (χ4n) is 5.41. The van der Waals surface area contributed by atoms with Gasteiger partial charge in [-0.3, -0.25) is 19.2 Å². The number of carbonyl (C=O) groups excluding carboxylic acids is 4. The van der Waals surface area contributed by atoms with Crippen molar-refractivity contribution in [2.75, 3.05) is 6.54 Å². The van der Waals surface area contributed by atoms with Crippen LogP contribution in [0, 0.1) is 0 Å². The molecule has 1 saturated heterocycles. The third-order valence-corrected chi connectivity index (χ3v) is 7.76. The molecule has 5 atom stereocenters. The predicted molar refractivity (Wildman–Crippen MR) is 164 cm³/mol. The molecule has 0 spiro atoms. The summed E-state index contributed by atoms with van der Waals surface area (Å²) in [4.78, 5) is 54.0. The Morgan fingerprint density at radius 3 is 1.98 bits per heavy atom. The summed E-state index contributed by atoms with van der Waals surface area (Å²) in [6, 6.07) is 20.7. The van der Waals surface area contributed by atoms with Crippen LogP contribution in [0.3, 0.4) is 0 Å². The van der Waals surface area contributed by atoms with Crippen molar-refractivity contribution >= 4 is 23.6 Å². The predicted octanol–water partition coefficient (Wildman–Crippen LogP) is 0.554. The lowest BCUT2D eigenvalue weighted by Gasteiger charge is -2.29. The highest BCUT2D eigenvalue weighted by Gasteiger charge is 2.38. The average molecular weight is 602 g/mol. The normalized spacial score (nSPS) is 17.2. The number of hydrogen-bond donors (Lipinski definition) is 6. The molecule has 1 aliphatic rings. The minimum Gasteiger partial charge on any atom is -0.508 e. The molecule has 232 valence electrons. The minimum atomic E-state index is -1.66. The number of aliphatic hydroxyl groups is 1. The van der Waals surface area contributed by atoms with Gasteiger partial charge in [-0.2, -0.15) is 0 Å². The van der Waals surface area contributed by atoms with E-state index in [0.29, 0.717) is 19.4 Å². The van der Waals surface area contributed by atoms with Crippen LogP contribution < -0.4 is 22.1 Å². The van der Waals surface area contributed by atoms with E-state index in [1.807, 2.05) is 36.4 Å². The summed E-state index contributed by atoms with van der Waals surface area (Å²) < 4.78 is 0. The number of hydrogen-bond acceptors (Lipinski definition) is 7. The van der Waals surface area contributed by atoms with Crippen LogP contribution in [0.5, 0.6) is 5.75 Å². The Morgan fingerprint density at radius 2 is 1.39 bits per heavy atom. The maximum absolute atomic E-state index is 13.7. The summed E-state index contributed by atoms with van der Waals surface area (Å²) in [5.74, 6) is -2.37. The minimum absolute atomic E-state index is 0.106. The average Bonchev–Trinajstić information content (AvgIpc) is 3.52. The van der Waals surface area contributed by atoms with E-state index in [-0.39, 0.29) is 30.9 Å². The SMILES string of the molecule is NC(=O)[C@@H](O)[C@@H](Cc1ccccc1)NC(=O)[C@H](Cc1ccccc1)NC(=O)[C@@H]1CCCN1C(=O)[C@@H](N)Cc1ccc(O)cc1. The van der Waals surface area contributed by atoms with Crippen molar-refractivity contribution in [1.82, 2.24) is 15.5 Å². The molecule has 0 saturated carbocycles. The van der Waals surface area contributed by atoms with Crippen molar-refractivity contribution in [2.45, 2.75) is 62.4 Å². The second-order valence-electron chi connectivity index (χ2n) is 11.1. The molecule has 1 fully saturated rings. The van der Waals surface area contributed by atoms with Crippen LogP contribution in [0.15, 0.2) is 84.9 Å². The number of phenols is 1. The highest BCUT2D eigenvalue weighted by atomic mass is 16.3. The van der Waals surface area contributed by atoms with Gasteiger partial charge in [0.05, 0.1) is 12.1 Å². The largest absolute Gasteiger partial charge is 0.508 e. The highest BCUT2D eigenvalue weighted by molar-refractivity contribution is 5.94. The van der Waals surface area contributed by atoms with Crippen molar-refractivity contribution in [3.8, 4) is 5.75 Å². The Hall–Kier alpha value is -4.74. The first-order valence-corrected chi connectivity index (χ1v) is 14.6. The van der Waals surface area contributed by atoms with E-state index in [2.05, 4.69) is 10.6 Å². The van der Waals surface area contributed by atoms with Crippen molar-refractivity contribution in [1.29, 1.82) is 0 Å². The second-order valence-corrected chi connectivity index (χ2v) is 11.1. The molecule has 1 heterocycles. The molecule has 1 aliphatic heterocycles. The maximum atomic E-state index is 13.7. The summed E-state index contributed by atoms with van der Waals surface area (Å²) in [5.41, 5.74) is 13.9. The van der Waals surface area contributed by atoms with E-state index in [1.54, 1.807) is 36.4 Å². The zero-order valence-corrected chi connectivity index (χ0v) is 24.3. The number of rotatable bonds is 13. The summed E-state index contributed by atoms with van der Waals surface area (Å²) >= 11 is 0. The molecule has 11 nitrogen and oxygen atoms in total. The van der Waals surface area contributed by atoms with Crippen LogP contribution in [-0.2, 0) is 38.4 Å². The number of nitrogens with one attached hydrogen (secondary N) is 2. The van der Waals surface area contributed by atoms with Gasteiger partial charge >= 0.3 is 0 Å². The molecule has 0 bridgehead atoms. The van der Waals surface area contributed by atoms with Crippen LogP contribution in [0.4, 0.5) is 0 Å². The molecule has 0 unspecified atom stereocenters. The summed E-state index contributed by atoms with van der Waals surface area (Å²) in [6.45, 7) is 0.347. The Labute approximate surface area is 256 Å². The van der Waals surface area contributed by atoms with Gasteiger partial charge in [0.15, 0.2) is 6.10 Å². The number of phenolic OH excluding ortho intramolecular Hbond substituents is 1. The first-order chi connectivity index (χ1) is 21.1. The fourth-order valence-corrected chi connectivity index (χ4v) is 5.41. The molecule has 3 aromatic rings. The summed E-state index contributed by atoms with van der Waals surface area (Å²) in [5, 5.41) is 25.6. The van der Waals surface area contributed by atoms with Crippen molar-refractivity contribution in [3.63, 3.8) is 0 Å². The smallest absolute Gasteiger partial charge is 0.248 e. The van der Waals surface area contributed by atoms with Crippen LogP contribution in [0.1, 0.15) is 29.5 Å². The van der Waals surface area contributed by atoms with Gasteiger partial charge in [0, 0.05) is 13.0 Å². The highest BCUT2D eigenvalue weighted by Crippen LogP contribution is 2.20. The third-order valence-electron chi connectivity index (χ3n) is 7.76. The number of likely N-dealkylation sites (tertiary alicyclic amines) is 1. The zero-order chi connectivity index (χ0) is 31.6. The number of amides is 4. The number of primary amides is 1. The van der Waals surface area contributed by atoms with Gasteiger partial charge in [0.2, 0.25) is 23.6 Å². The van der Waals surface area contributed by atoms with Crippen molar-refractivity contribution < 1.29 is 29.4 Å². The standard InChI is InChI=1S/C33H39N5O6/c34-25(18-23-13-15-24(39)16-14-23)33(44)38-17-7-12-28(38)32(43)37-27(20-22-10-5-2-6-11-22)31(42)36-26(29(40)30(35)41)19-21-8-3-1-4-9-21/h1-6,8-11,13-16,25-29,39-40H,7,12,17-20,34H2,(H2,35,41)(H,36,42)(H,37,43)/t25-,26+,27-,28-,29-/m0/s1. The fraction of sp³-hybridized carbons (Fsp3) is 0.333. The van der Waals surface area contributed by atoms with Crippen LogP contribution in [0.2, 0.25) is 0 Å². The van der Waals surface area contributed by atoms with Crippen LogP contribution in [0.25, 0.3) is 0 Å². The maximum Gasteiger partial charge on any atom is 0.248 e. The quantitative estimate of drug-likeness (QED) is 0.165. The third kappa shape index (κ3) is 8.65. The first kappa shape index (κ1) is 32.2. The number of nitrogens with two attached hydrogens (primary N) is 2. The van der Waals surface area contributed by atoms with Gasteiger partial charge in [-0.1, -0.05) is 72.8 Å². The van der Waals surface area contributed by atoms with Crippen molar-refractivity contribution in [3.05, 3.63) is 102 Å². The number of carbonyl (C=O) groups is 4. The Bertz CT molecular complexity index is 1420. The molecular weight excluding hydrogens is 562 g/mol. The Balaban J connectivity index is 1.49. The van der Waals surface area contributed by atoms with Gasteiger partial charge < -0.3 is 37.2 Å². The van der Waals surface area contributed by atoms with Crippen molar-refractivity contribution in [2.24, 2.45) is 11.5 Å². The van der Waals surface area contributed by atoms with Crippen LogP contribution >= 0.6 is 0 Å². The molecule has 4 amide bonds. The van der Waals surface area contributed by atoms with Gasteiger partial charge in [-0.25, -0.2) is 0 Å². The molecule has 0 aliphatic carbocycles. The number of nitrogens with zero attached hydrogens (tertiary/aromatic N) is 1. The molecule has 11 heteroatoms. The first-order valence-electron chi connectivity index (χ1n) is 14.6. The second kappa shape index (κ2) is 15.1. The van der Waals surface area contributed by atoms with Crippen LogP contribution in [-0.4, -0.2) is 75.6 Å². The van der Waals surface area contributed by atoms with E-state index >= 15 is 0 Å². The molecule has 3 aromatic carbocycles. The molecule has 44 heavy (non-hydrogen) atoms. The van der Waals surface area contributed by atoms with E-state index in [1.165, 1.54) is 17.0 Å². The Morgan fingerprint density at radius 1 is 0.818 bits per heavy atom. The number of aliphatic hydroxyl groups excluding tert-OH is 1. The lowest BCUT2D eigenvalue weighted by Crippen LogP contribution is -2.58. The van der Waals surface area contributed by atoms with E-state index in [9.17, 15) is 29.4 Å². The van der Waals surface area contributed by atoms with Gasteiger partial charge in [-0.15, -0.1) is 0 Å². The lowest BCUT2D eigenvalue weighted by molar-refractivity contribution is -0.140. The summed E-state index contributed by atoms with van der Waals surface area (Å²) in [6.07, 6.45) is -0.176. The summed E-state index contributed by atoms with van der Waals surface area (Å²) in [7, 11) is 0. The number of benzene rings is 3. The Kier molecular flexibility index (Phi) is 11.1. The molecule has 0 aromatic heterocycles. The van der Waals surface area contributed by atoms with Gasteiger partial charge in [0.1, 0.15) is 17.8 Å². The molecule has 8 N–H and O–H groups in total. The molecule has 0 radical (unpaired) electrons. The molecule has 4 rings (SSSR count). The van der Waals surface area contributed by atoms with Gasteiger partial charge in [0.25, 0.3) is 0 Å². The van der Waals surface area contributed by atoms with E-state index in [4.69, 9.17) is 11.5 Å². The monoisotopic (exact) mass is 601 g/mol. The van der Waals surface area contributed by atoms with E-state index in [0.717, 1.165) is 16.7 Å².